The summed E-state index contributed by atoms with van der Waals surface area (Å²) >= 11 is 0. The van der Waals surface area contributed by atoms with Crippen molar-refractivity contribution in [2.24, 2.45) is 0 Å². The summed E-state index contributed by atoms with van der Waals surface area (Å²) in [4.78, 5) is 25.7. The third kappa shape index (κ3) is 6.77. The first-order valence-corrected chi connectivity index (χ1v) is 9.26. The predicted molar refractivity (Wildman–Crippen MR) is 96.1 cm³/mol. The number of hydrogen-bond acceptors (Lipinski definition) is 2. The number of urea groups is 1. The van der Waals surface area contributed by atoms with E-state index in [0.29, 0.717) is 31.5 Å². The topological polar surface area (TPSA) is 61.4 Å². The third-order valence-electron chi connectivity index (χ3n) is 4.62. The van der Waals surface area contributed by atoms with Crippen molar-refractivity contribution in [3.05, 3.63) is 35.4 Å². The molecule has 150 valence electrons. The first-order chi connectivity index (χ1) is 12.8. The summed E-state index contributed by atoms with van der Waals surface area (Å²) in [6.07, 6.45) is -0.184. The van der Waals surface area contributed by atoms with Crippen molar-refractivity contribution >= 4 is 11.9 Å². The van der Waals surface area contributed by atoms with Crippen molar-refractivity contribution in [2.75, 3.05) is 19.6 Å². The predicted octanol–water partition coefficient (Wildman–Crippen LogP) is 3.86. The van der Waals surface area contributed by atoms with Crippen molar-refractivity contribution in [1.82, 2.24) is 15.5 Å². The molecule has 2 rings (SSSR count). The van der Waals surface area contributed by atoms with Crippen molar-refractivity contribution < 1.29 is 22.8 Å². The second kappa shape index (κ2) is 9.62. The van der Waals surface area contributed by atoms with E-state index in [1.54, 1.807) is 13.0 Å². The van der Waals surface area contributed by atoms with Crippen LogP contribution in [-0.4, -0.2) is 36.5 Å². The molecule has 0 saturated carbocycles. The molecule has 27 heavy (non-hydrogen) atoms. The molecular formula is C19H26F3N3O2. The number of likely N-dealkylation sites (tertiary alicyclic amines) is 1. The number of rotatable bonds is 6. The smallest absolute Gasteiger partial charge is 0.343 e. The van der Waals surface area contributed by atoms with Gasteiger partial charge >= 0.3 is 12.2 Å². The molecule has 1 aromatic rings. The van der Waals surface area contributed by atoms with Gasteiger partial charge in [0, 0.05) is 26.1 Å². The lowest BCUT2D eigenvalue weighted by Gasteiger charge is -2.21. The Morgan fingerprint density at radius 3 is 2.78 bits per heavy atom. The Morgan fingerprint density at radius 1 is 1.26 bits per heavy atom. The molecule has 1 heterocycles. The fourth-order valence-corrected chi connectivity index (χ4v) is 3.06. The highest BCUT2D eigenvalue weighted by Crippen LogP contribution is 2.30. The monoisotopic (exact) mass is 385 g/mol. The summed E-state index contributed by atoms with van der Waals surface area (Å²) in [5.41, 5.74) is -0.355. The van der Waals surface area contributed by atoms with Gasteiger partial charge < -0.3 is 15.5 Å². The van der Waals surface area contributed by atoms with Gasteiger partial charge in [-0.1, -0.05) is 18.6 Å². The number of halogens is 3. The molecule has 1 unspecified atom stereocenters. The van der Waals surface area contributed by atoms with E-state index in [1.807, 2.05) is 4.90 Å². The van der Waals surface area contributed by atoms with Crippen LogP contribution in [0.3, 0.4) is 0 Å². The maximum Gasteiger partial charge on any atom is 0.416 e. The zero-order chi connectivity index (χ0) is 19.9. The third-order valence-corrected chi connectivity index (χ3v) is 4.62. The quantitative estimate of drug-likeness (QED) is 0.731. The van der Waals surface area contributed by atoms with Crippen LogP contribution in [0, 0.1) is 0 Å². The molecule has 5 nitrogen and oxygen atoms in total. The van der Waals surface area contributed by atoms with Gasteiger partial charge in [0.25, 0.3) is 0 Å². The number of carbonyl (C=O) groups excluding carboxylic acids is 2. The van der Waals surface area contributed by atoms with Gasteiger partial charge in [0.15, 0.2) is 0 Å². The molecule has 0 spiro atoms. The molecule has 8 heteroatoms. The number of nitrogens with zero attached hydrogens (tertiary/aromatic N) is 1. The van der Waals surface area contributed by atoms with Crippen LogP contribution in [0.4, 0.5) is 18.0 Å². The van der Waals surface area contributed by atoms with E-state index in [1.165, 1.54) is 6.07 Å². The van der Waals surface area contributed by atoms with Crippen LogP contribution in [0.5, 0.6) is 0 Å². The van der Waals surface area contributed by atoms with Gasteiger partial charge in [-0.2, -0.15) is 13.2 Å². The molecular weight excluding hydrogens is 359 g/mol. The summed E-state index contributed by atoms with van der Waals surface area (Å²) < 4.78 is 38.3. The molecule has 1 atom stereocenters. The summed E-state index contributed by atoms with van der Waals surface area (Å²) in [6, 6.07) is 3.91. The summed E-state index contributed by atoms with van der Waals surface area (Å²) in [7, 11) is 0. The van der Waals surface area contributed by atoms with E-state index in [-0.39, 0.29) is 5.91 Å². The van der Waals surface area contributed by atoms with Gasteiger partial charge in [-0.3, -0.25) is 4.79 Å². The Kier molecular flexibility index (Phi) is 7.50. The van der Waals surface area contributed by atoms with Gasteiger partial charge in [-0.25, -0.2) is 4.79 Å². The first-order valence-electron chi connectivity index (χ1n) is 9.26. The van der Waals surface area contributed by atoms with Crippen LogP contribution < -0.4 is 10.6 Å². The van der Waals surface area contributed by atoms with Crippen molar-refractivity contribution in [3.63, 3.8) is 0 Å². The Morgan fingerprint density at radius 2 is 2.04 bits per heavy atom. The number of carbonyl (C=O) groups is 2. The Labute approximate surface area is 157 Å². The maximum atomic E-state index is 12.8. The van der Waals surface area contributed by atoms with Gasteiger partial charge in [0.05, 0.1) is 11.6 Å². The van der Waals surface area contributed by atoms with E-state index in [9.17, 15) is 22.8 Å². The second-order valence-corrected chi connectivity index (χ2v) is 6.79. The maximum absolute atomic E-state index is 12.8. The van der Waals surface area contributed by atoms with Crippen molar-refractivity contribution in [2.45, 2.75) is 51.2 Å². The van der Waals surface area contributed by atoms with Crippen LogP contribution in [0.2, 0.25) is 0 Å². The minimum atomic E-state index is -4.41. The van der Waals surface area contributed by atoms with E-state index < -0.39 is 23.8 Å². The highest BCUT2D eigenvalue weighted by molar-refractivity contribution is 5.76. The summed E-state index contributed by atoms with van der Waals surface area (Å²) in [5, 5.41) is 5.32. The van der Waals surface area contributed by atoms with Crippen LogP contribution in [-0.2, 0) is 11.0 Å². The standard InChI is InChI=1S/C19H26F3N3O2/c1-14(15-7-5-8-16(13-15)19(20,21)22)24-18(27)23-10-6-12-25-11-4-2-3-9-17(25)26/h5,7-8,13-14H,2-4,6,9-12H2,1H3,(H2,23,24,27). The second-order valence-electron chi connectivity index (χ2n) is 6.79. The fourth-order valence-electron chi connectivity index (χ4n) is 3.06. The van der Waals surface area contributed by atoms with Crippen LogP contribution >= 0.6 is 0 Å². The minimum Gasteiger partial charge on any atom is -0.343 e. The molecule has 1 aliphatic heterocycles. The summed E-state index contributed by atoms with van der Waals surface area (Å²) in [5.74, 6) is 0.162. The molecule has 0 radical (unpaired) electrons. The molecule has 1 aliphatic rings. The average molecular weight is 385 g/mol. The number of benzene rings is 1. The fraction of sp³-hybridized carbons (Fsp3) is 0.579. The van der Waals surface area contributed by atoms with E-state index >= 15 is 0 Å². The van der Waals surface area contributed by atoms with Gasteiger partial charge in [0.2, 0.25) is 5.91 Å². The largest absolute Gasteiger partial charge is 0.416 e. The minimum absolute atomic E-state index is 0.162. The lowest BCUT2D eigenvalue weighted by Crippen LogP contribution is -2.39. The van der Waals surface area contributed by atoms with Crippen molar-refractivity contribution in [3.8, 4) is 0 Å². The average Bonchev–Trinajstić information content (AvgIpc) is 2.82. The van der Waals surface area contributed by atoms with Crippen LogP contribution in [0.1, 0.15) is 56.2 Å². The highest BCUT2D eigenvalue weighted by Gasteiger charge is 2.30. The van der Waals surface area contributed by atoms with Crippen LogP contribution in [0.15, 0.2) is 24.3 Å². The first kappa shape index (κ1) is 21.1. The number of alkyl halides is 3. The van der Waals surface area contributed by atoms with Crippen LogP contribution in [0.25, 0.3) is 0 Å². The number of amides is 3. The van der Waals surface area contributed by atoms with Gasteiger partial charge in [-0.15, -0.1) is 0 Å². The SMILES string of the molecule is CC(NC(=O)NCCCN1CCCCCC1=O)c1cccc(C(F)(F)F)c1. The lowest BCUT2D eigenvalue weighted by molar-refractivity contribution is -0.137. The van der Waals surface area contributed by atoms with Gasteiger partial charge in [-0.05, 0) is 43.9 Å². The molecule has 1 fully saturated rings. The Balaban J connectivity index is 1.74. The van der Waals surface area contributed by atoms with Gasteiger partial charge in [0.1, 0.15) is 0 Å². The Hall–Kier alpha value is -2.25. The molecule has 1 saturated heterocycles. The number of hydrogen-bond donors (Lipinski definition) is 2. The van der Waals surface area contributed by atoms with E-state index in [0.717, 1.165) is 37.9 Å². The molecule has 0 aliphatic carbocycles. The molecule has 0 bridgehead atoms. The van der Waals surface area contributed by atoms with E-state index in [4.69, 9.17) is 0 Å². The molecule has 1 aromatic carbocycles. The number of nitrogens with one attached hydrogen (secondary N) is 2. The van der Waals surface area contributed by atoms with Crippen molar-refractivity contribution in [1.29, 1.82) is 0 Å². The molecule has 0 aromatic heterocycles. The highest BCUT2D eigenvalue weighted by atomic mass is 19.4. The Bertz CT molecular complexity index is 649. The van der Waals surface area contributed by atoms with E-state index in [2.05, 4.69) is 10.6 Å². The summed E-state index contributed by atoms with van der Waals surface area (Å²) in [6.45, 7) is 3.38. The molecule has 3 amide bonds. The molecule has 2 N–H and O–H groups in total. The zero-order valence-electron chi connectivity index (χ0n) is 15.4. The lowest BCUT2D eigenvalue weighted by atomic mass is 10.1. The normalized spacial score (nSPS) is 16.6. The zero-order valence-corrected chi connectivity index (χ0v) is 15.4.